The number of hydrogen-bond acceptors (Lipinski definition) is 8. The number of fused-ring (bicyclic) bond motifs is 5. The molecule has 8 N–H and O–H groups in total. The SMILES string of the molecule is CCNCCCNCCCC(C)C1CC[C@H]2C3[C@H](OCCCN)CC4C[C@H](OCCCN)CC[C@]4(C)[C@H]3C[C@H](OCCCN)[C@]12C. The maximum atomic E-state index is 7.01. The van der Waals surface area contributed by atoms with Crippen LogP contribution in [0.2, 0.25) is 0 Å². The first-order chi connectivity index (χ1) is 22.3. The van der Waals surface area contributed by atoms with E-state index < -0.39 is 0 Å². The van der Waals surface area contributed by atoms with Gasteiger partial charge in [-0.1, -0.05) is 27.7 Å². The highest BCUT2D eigenvalue weighted by Gasteiger charge is 2.66. The van der Waals surface area contributed by atoms with Gasteiger partial charge in [-0.2, -0.15) is 0 Å². The van der Waals surface area contributed by atoms with Gasteiger partial charge in [0, 0.05) is 25.2 Å². The summed E-state index contributed by atoms with van der Waals surface area (Å²) in [5.74, 6) is 3.88. The molecule has 8 nitrogen and oxygen atoms in total. The van der Waals surface area contributed by atoms with Gasteiger partial charge in [0.2, 0.25) is 0 Å². The lowest BCUT2D eigenvalue weighted by Gasteiger charge is -2.65. The Morgan fingerprint density at radius 1 is 0.739 bits per heavy atom. The Labute approximate surface area is 283 Å². The van der Waals surface area contributed by atoms with E-state index in [-0.39, 0.29) is 5.41 Å². The Bertz CT molecular complexity index is 851. The first kappa shape index (κ1) is 38.5. The molecule has 0 aromatic heterocycles. The molecule has 0 spiro atoms. The molecule has 0 aliphatic heterocycles. The van der Waals surface area contributed by atoms with E-state index in [0.717, 1.165) is 71.7 Å². The van der Waals surface area contributed by atoms with Crippen LogP contribution in [0.4, 0.5) is 0 Å². The molecule has 4 aliphatic rings. The van der Waals surface area contributed by atoms with E-state index in [4.69, 9.17) is 31.4 Å². The van der Waals surface area contributed by atoms with Crippen molar-refractivity contribution in [2.45, 2.75) is 129 Å². The minimum Gasteiger partial charge on any atom is -0.378 e. The van der Waals surface area contributed by atoms with Crippen molar-refractivity contribution < 1.29 is 14.2 Å². The Hall–Kier alpha value is -0.320. The molecule has 0 radical (unpaired) electrons. The predicted octanol–water partition coefficient (Wildman–Crippen LogP) is 5.07. The van der Waals surface area contributed by atoms with Gasteiger partial charge < -0.3 is 42.0 Å². The Morgan fingerprint density at radius 3 is 2.13 bits per heavy atom. The molecule has 11 atom stereocenters. The van der Waals surface area contributed by atoms with Gasteiger partial charge in [-0.05, 0) is 170 Å². The van der Waals surface area contributed by atoms with Gasteiger partial charge in [0.05, 0.1) is 18.3 Å². The molecule has 4 rings (SSSR count). The minimum atomic E-state index is 0.176. The lowest BCUT2D eigenvalue weighted by molar-refractivity contribution is -0.227. The fourth-order valence-corrected chi connectivity index (χ4v) is 11.0. The molecule has 0 aromatic rings. The first-order valence-electron chi connectivity index (χ1n) is 19.7. The third kappa shape index (κ3) is 9.07. The fraction of sp³-hybridized carbons (Fsp3) is 1.00. The van der Waals surface area contributed by atoms with E-state index in [1.165, 1.54) is 57.8 Å². The zero-order valence-electron chi connectivity index (χ0n) is 30.4. The van der Waals surface area contributed by atoms with E-state index in [1.54, 1.807) is 0 Å². The first-order valence-corrected chi connectivity index (χ1v) is 19.7. The van der Waals surface area contributed by atoms with Gasteiger partial charge >= 0.3 is 0 Å². The van der Waals surface area contributed by atoms with Crippen LogP contribution in [0.15, 0.2) is 0 Å². The zero-order chi connectivity index (χ0) is 33.0. The standard InChI is InChI=1S/C38H75N5O3/c1-5-42-20-10-21-43-19-6-11-28(2)31-12-13-32-36-33(27-35(38(31,32)4)46-24-9-18-41)37(3)15-14-30(44-22-7-16-39)25-29(37)26-34(36)45-23-8-17-40/h28-36,42-43H,5-27,39-41H2,1-4H3/t28?,29?,30-,31?,32+,33+,34-,35+,36?,37+,38-/m1/s1. The quantitative estimate of drug-likeness (QED) is 0.103. The normalized spacial score (nSPS) is 37.9. The summed E-state index contributed by atoms with van der Waals surface area (Å²) in [6.45, 7) is 18.9. The van der Waals surface area contributed by atoms with Crippen molar-refractivity contribution in [1.29, 1.82) is 0 Å². The summed E-state index contributed by atoms with van der Waals surface area (Å²) in [6.07, 6.45) is 16.1. The molecule has 0 bridgehead atoms. The average molecular weight is 650 g/mol. The monoisotopic (exact) mass is 650 g/mol. The molecule has 0 amide bonds. The molecule has 46 heavy (non-hydrogen) atoms. The molecule has 0 heterocycles. The maximum absolute atomic E-state index is 7.01. The number of ether oxygens (including phenoxy) is 3. The smallest absolute Gasteiger partial charge is 0.0637 e. The Kier molecular flexibility index (Phi) is 16.0. The number of rotatable bonds is 22. The fourth-order valence-electron chi connectivity index (χ4n) is 11.0. The Balaban J connectivity index is 1.52. The second-order valence-corrected chi connectivity index (χ2v) is 16.1. The molecular formula is C38H75N5O3. The highest BCUT2D eigenvalue weighted by atomic mass is 16.5. The van der Waals surface area contributed by atoms with Crippen LogP contribution >= 0.6 is 0 Å². The molecule has 4 saturated carbocycles. The van der Waals surface area contributed by atoms with Crippen molar-refractivity contribution in [3.05, 3.63) is 0 Å². The van der Waals surface area contributed by atoms with Crippen LogP contribution < -0.4 is 27.8 Å². The third-order valence-electron chi connectivity index (χ3n) is 13.5. The molecule has 4 fully saturated rings. The lowest BCUT2D eigenvalue weighted by atomic mass is 9.43. The molecule has 270 valence electrons. The molecule has 4 unspecified atom stereocenters. The summed E-state index contributed by atoms with van der Waals surface area (Å²) in [5, 5.41) is 7.13. The van der Waals surface area contributed by atoms with Crippen LogP contribution in [0.3, 0.4) is 0 Å². The van der Waals surface area contributed by atoms with Gasteiger partial charge in [-0.25, -0.2) is 0 Å². The van der Waals surface area contributed by atoms with E-state index in [9.17, 15) is 0 Å². The summed E-state index contributed by atoms with van der Waals surface area (Å²) in [4.78, 5) is 0. The van der Waals surface area contributed by atoms with Crippen LogP contribution in [0, 0.1) is 46.3 Å². The molecular weight excluding hydrogens is 574 g/mol. The van der Waals surface area contributed by atoms with Crippen LogP contribution in [0.25, 0.3) is 0 Å². The largest absolute Gasteiger partial charge is 0.378 e. The van der Waals surface area contributed by atoms with Crippen LogP contribution in [0.1, 0.15) is 111 Å². The topological polar surface area (TPSA) is 130 Å². The van der Waals surface area contributed by atoms with Crippen LogP contribution in [-0.4, -0.2) is 83.9 Å². The summed E-state index contributed by atoms with van der Waals surface area (Å²) in [5.41, 5.74) is 18.2. The van der Waals surface area contributed by atoms with Crippen molar-refractivity contribution in [3.63, 3.8) is 0 Å². The van der Waals surface area contributed by atoms with Crippen molar-refractivity contribution in [2.24, 2.45) is 63.5 Å². The van der Waals surface area contributed by atoms with Gasteiger partial charge in [0.1, 0.15) is 0 Å². The highest BCUT2D eigenvalue weighted by molar-refractivity contribution is 5.15. The van der Waals surface area contributed by atoms with E-state index in [0.29, 0.717) is 78.9 Å². The number of nitrogens with one attached hydrogen (secondary N) is 2. The molecule has 0 aromatic carbocycles. The van der Waals surface area contributed by atoms with Gasteiger partial charge in [0.25, 0.3) is 0 Å². The van der Waals surface area contributed by atoms with Gasteiger partial charge in [0.15, 0.2) is 0 Å². The van der Waals surface area contributed by atoms with Gasteiger partial charge in [-0.15, -0.1) is 0 Å². The molecule has 0 saturated heterocycles. The van der Waals surface area contributed by atoms with E-state index >= 15 is 0 Å². The second kappa shape index (κ2) is 19.2. The van der Waals surface area contributed by atoms with Crippen LogP contribution in [-0.2, 0) is 14.2 Å². The second-order valence-electron chi connectivity index (χ2n) is 16.1. The summed E-state index contributed by atoms with van der Waals surface area (Å²) >= 11 is 0. The molecule has 4 aliphatic carbocycles. The maximum Gasteiger partial charge on any atom is 0.0637 e. The summed E-state index contributed by atoms with van der Waals surface area (Å²) in [6, 6.07) is 0. The number of nitrogens with two attached hydrogens (primary N) is 3. The summed E-state index contributed by atoms with van der Waals surface area (Å²) in [7, 11) is 0. The average Bonchev–Trinajstić information content (AvgIpc) is 3.41. The van der Waals surface area contributed by atoms with Crippen molar-refractivity contribution >= 4 is 0 Å². The highest BCUT2D eigenvalue weighted by Crippen LogP contribution is 2.69. The molecule has 8 heteroatoms. The van der Waals surface area contributed by atoms with E-state index in [2.05, 4.69) is 38.3 Å². The number of hydrogen-bond donors (Lipinski definition) is 5. The van der Waals surface area contributed by atoms with Crippen LogP contribution in [0.5, 0.6) is 0 Å². The zero-order valence-corrected chi connectivity index (χ0v) is 30.4. The van der Waals surface area contributed by atoms with Crippen molar-refractivity contribution in [3.8, 4) is 0 Å². The Morgan fingerprint density at radius 2 is 1.41 bits per heavy atom. The van der Waals surface area contributed by atoms with E-state index in [1.807, 2.05) is 0 Å². The van der Waals surface area contributed by atoms with Crippen molar-refractivity contribution in [2.75, 3.05) is 65.6 Å². The van der Waals surface area contributed by atoms with Crippen molar-refractivity contribution in [1.82, 2.24) is 10.6 Å². The summed E-state index contributed by atoms with van der Waals surface area (Å²) < 4.78 is 20.3. The predicted molar refractivity (Wildman–Crippen MR) is 191 cm³/mol. The third-order valence-corrected chi connectivity index (χ3v) is 13.5. The lowest BCUT2D eigenvalue weighted by Crippen LogP contribution is -2.63. The minimum absolute atomic E-state index is 0.176. The van der Waals surface area contributed by atoms with Gasteiger partial charge in [-0.3, -0.25) is 0 Å².